The third kappa shape index (κ3) is 3.73. The van der Waals surface area contributed by atoms with Gasteiger partial charge in [0.1, 0.15) is 6.79 Å². The van der Waals surface area contributed by atoms with Crippen LogP contribution >= 0.6 is 0 Å². The maximum atomic E-state index is 8.00. The molecule has 0 radical (unpaired) electrons. The van der Waals surface area contributed by atoms with Crippen LogP contribution < -0.4 is 0 Å². The van der Waals surface area contributed by atoms with E-state index in [4.69, 9.17) is 10.3 Å². The summed E-state index contributed by atoms with van der Waals surface area (Å²) in [6.07, 6.45) is 0. The van der Waals surface area contributed by atoms with Crippen LogP contribution in [0.15, 0.2) is 0 Å². The van der Waals surface area contributed by atoms with E-state index in [1.165, 1.54) is 0 Å². The molecule has 0 rings (SSSR count). The minimum atomic E-state index is 2.00. The van der Waals surface area contributed by atoms with Crippen molar-refractivity contribution in [2.75, 3.05) is 0 Å². The van der Waals surface area contributed by atoms with E-state index in [1.54, 1.807) is 0 Å². The number of nitrogens with zero attached hydrogens (tertiary/aromatic N) is 2. The van der Waals surface area contributed by atoms with Gasteiger partial charge in [-0.3, -0.25) is 0 Å². The van der Waals surface area contributed by atoms with Crippen LogP contribution in [0.25, 0.3) is 5.53 Å². The summed E-state index contributed by atoms with van der Waals surface area (Å²) in [7, 11) is 0. The topological polar surface area (TPSA) is 53.5 Å². The molecule has 0 aromatic rings. The van der Waals surface area contributed by atoms with Gasteiger partial charge < -0.3 is 10.3 Å². The molecule has 0 heterocycles. The fourth-order valence-corrected chi connectivity index (χ4v) is 0. The molecule has 3 heteroatoms. The van der Waals surface area contributed by atoms with Gasteiger partial charge in [0.2, 0.25) is 6.72 Å². The van der Waals surface area contributed by atoms with E-state index >= 15 is 0 Å². The molecule has 0 aliphatic carbocycles. The van der Waals surface area contributed by atoms with Crippen LogP contribution in [0.5, 0.6) is 0 Å². The molecule has 28 valence electrons. The molecule has 0 unspecified atom stereocenters. The van der Waals surface area contributed by atoms with Crippen molar-refractivity contribution in [2.24, 2.45) is 0 Å². The van der Waals surface area contributed by atoms with Crippen molar-refractivity contribution in [3.63, 3.8) is 0 Å². The number of hydrogen-bond donors (Lipinski definition) is 0. The first-order valence-corrected chi connectivity index (χ1v) is 0.805. The van der Waals surface area contributed by atoms with Gasteiger partial charge in [-0.05, 0) is 0 Å². The van der Waals surface area contributed by atoms with Crippen LogP contribution in [0.3, 0.4) is 0 Å². The van der Waals surface area contributed by atoms with Crippen molar-refractivity contribution >= 4 is 13.5 Å². The normalized spacial score (nSPS) is 2.40. The molecule has 0 saturated heterocycles. The third-order valence-electron chi connectivity index (χ3n) is 0. The predicted octanol–water partition coefficient (Wildman–Crippen LogP) is -0.268. The first-order chi connectivity index (χ1) is 2.41. The van der Waals surface area contributed by atoms with Crippen LogP contribution in [0.2, 0.25) is 0 Å². The fourth-order valence-electron chi connectivity index (χ4n) is 0. The average Bonchev–Trinajstić information content (AvgIpc) is 1.46. The van der Waals surface area contributed by atoms with Crippen molar-refractivity contribution in [2.45, 2.75) is 0 Å². The minimum Gasteiger partial charge on any atom is -0.362 e. The van der Waals surface area contributed by atoms with Gasteiger partial charge >= 0.3 is 0 Å². The molecule has 0 saturated carbocycles. The standard InChI is InChI=1S/CH2N2.CH2O/c1-3-2;1-2/h1H2;1H2. The van der Waals surface area contributed by atoms with Gasteiger partial charge in [0, 0.05) is 0 Å². The molecule has 0 spiro atoms. The zero-order valence-corrected chi connectivity index (χ0v) is 2.72. The molecule has 0 amide bonds. The maximum Gasteiger partial charge on any atom is 0.245 e. The second kappa shape index (κ2) is 5130. The summed E-state index contributed by atoms with van der Waals surface area (Å²) < 4.78 is 0. The third-order valence-corrected chi connectivity index (χ3v) is 0. The van der Waals surface area contributed by atoms with Crippen molar-refractivity contribution in [1.29, 1.82) is 0 Å². The first kappa shape index (κ1) is 8.96. The Morgan fingerprint density at radius 1 is 1.60 bits per heavy atom. The first-order valence-electron chi connectivity index (χ1n) is 0.805. The molecular formula is C2H4N2O. The Bertz CT molecular complexity index is 36.9. The summed E-state index contributed by atoms with van der Waals surface area (Å²) in [6, 6.07) is 0. The van der Waals surface area contributed by atoms with Gasteiger partial charge in [-0.2, -0.15) is 4.79 Å². The Balaban J connectivity index is 0. The van der Waals surface area contributed by atoms with Crippen LogP contribution in [0.1, 0.15) is 0 Å². The van der Waals surface area contributed by atoms with Crippen molar-refractivity contribution < 1.29 is 9.58 Å². The smallest absolute Gasteiger partial charge is 0.245 e. The molecular weight excluding hydrogens is 68.0 g/mol. The van der Waals surface area contributed by atoms with Gasteiger partial charge in [0.25, 0.3) is 0 Å². The van der Waals surface area contributed by atoms with Gasteiger partial charge in [-0.25, -0.2) is 0 Å². The summed E-state index contributed by atoms with van der Waals surface area (Å²) in [4.78, 5) is 10.2. The average molecular weight is 72.1 g/mol. The second-order valence-corrected chi connectivity index (χ2v) is 0.141. The molecule has 0 aromatic heterocycles. The minimum absolute atomic E-state index is 2.00. The van der Waals surface area contributed by atoms with E-state index in [9.17, 15) is 0 Å². The predicted molar refractivity (Wildman–Crippen MR) is 17.9 cm³/mol. The van der Waals surface area contributed by atoms with E-state index in [2.05, 4.69) is 11.5 Å². The molecule has 5 heavy (non-hydrogen) atoms. The van der Waals surface area contributed by atoms with Crippen LogP contribution in [0.4, 0.5) is 0 Å². The van der Waals surface area contributed by atoms with Gasteiger partial charge in [0.05, 0.1) is 0 Å². The summed E-state index contributed by atoms with van der Waals surface area (Å²) in [5, 5.41) is 0. The van der Waals surface area contributed by atoms with E-state index in [0.717, 1.165) is 0 Å². The molecule has 0 aromatic carbocycles. The monoisotopic (exact) mass is 72.0 g/mol. The summed E-state index contributed by atoms with van der Waals surface area (Å²) in [5.41, 5.74) is 7.08. The lowest BCUT2D eigenvalue weighted by Crippen LogP contribution is -1.21. The molecule has 0 N–H and O–H groups in total. The molecule has 0 aliphatic heterocycles. The van der Waals surface area contributed by atoms with E-state index in [1.807, 2.05) is 6.79 Å². The molecule has 0 fully saturated rings. The highest BCUT2D eigenvalue weighted by Gasteiger charge is 0.932. The highest BCUT2D eigenvalue weighted by Crippen LogP contribution is 0.902. The molecule has 0 atom stereocenters. The summed E-state index contributed by atoms with van der Waals surface area (Å²) in [5.74, 6) is 0. The van der Waals surface area contributed by atoms with E-state index < -0.39 is 0 Å². The molecule has 0 aliphatic rings. The summed E-state index contributed by atoms with van der Waals surface area (Å²) in [6.45, 7) is 4.67. The van der Waals surface area contributed by atoms with E-state index in [-0.39, 0.29) is 0 Å². The molecule has 0 bridgehead atoms. The quantitative estimate of drug-likeness (QED) is 0.221. The highest BCUT2D eigenvalue weighted by atomic mass is 16.1. The van der Waals surface area contributed by atoms with Gasteiger partial charge in [0.15, 0.2) is 0 Å². The van der Waals surface area contributed by atoms with Crippen LogP contribution in [-0.2, 0) is 4.79 Å². The SMILES string of the molecule is C=O.C=[N+]=[N-]. The number of hydrogen-bond acceptors (Lipinski definition) is 1. The number of carbonyl (C=O) groups is 1. The Hall–Kier alpha value is -0.950. The summed E-state index contributed by atoms with van der Waals surface area (Å²) >= 11 is 0. The largest absolute Gasteiger partial charge is 0.362 e. The van der Waals surface area contributed by atoms with Crippen LogP contribution in [0, 0.1) is 0 Å². The highest BCUT2D eigenvalue weighted by molar-refractivity contribution is 5.12. The zero-order chi connectivity index (χ0) is 4.71. The lowest BCUT2D eigenvalue weighted by atomic mass is 11.8. The van der Waals surface area contributed by atoms with Crippen molar-refractivity contribution in [1.82, 2.24) is 0 Å². The van der Waals surface area contributed by atoms with Gasteiger partial charge in [-0.15, -0.1) is 0 Å². The lowest BCUT2D eigenvalue weighted by molar-refractivity contribution is -0.0979. The Morgan fingerprint density at radius 3 is 1.60 bits per heavy atom. The zero-order valence-electron chi connectivity index (χ0n) is 2.72. The second-order valence-electron chi connectivity index (χ2n) is 0.141. The van der Waals surface area contributed by atoms with E-state index in [0.29, 0.717) is 0 Å². The molecule has 3 nitrogen and oxygen atoms in total. The van der Waals surface area contributed by atoms with Crippen molar-refractivity contribution in [3.8, 4) is 0 Å². The van der Waals surface area contributed by atoms with Crippen LogP contribution in [-0.4, -0.2) is 18.3 Å². The Morgan fingerprint density at radius 2 is 1.60 bits per heavy atom. The maximum absolute atomic E-state index is 8.00. The fraction of sp³-hybridized carbons (Fsp3) is 0. The Labute approximate surface area is 29.9 Å². The number of carbonyl (C=O) groups excluding carboxylic acids is 1. The lowest BCUT2D eigenvalue weighted by Gasteiger charge is -1.16. The van der Waals surface area contributed by atoms with Crippen molar-refractivity contribution in [3.05, 3.63) is 5.53 Å². The van der Waals surface area contributed by atoms with Gasteiger partial charge in [-0.1, -0.05) is 0 Å². The Kier molecular flexibility index (Phi) is 9190. The number of rotatable bonds is 0.